The summed E-state index contributed by atoms with van der Waals surface area (Å²) >= 11 is 0. The number of nitrogens with one attached hydrogen (secondary N) is 2. The fourth-order valence-electron chi connectivity index (χ4n) is 1.95. The first-order valence-electron chi connectivity index (χ1n) is 6.53. The smallest absolute Gasteiger partial charge is 0.315 e. The van der Waals surface area contributed by atoms with Crippen LogP contribution >= 0.6 is 0 Å². The van der Waals surface area contributed by atoms with Crippen LogP contribution < -0.4 is 10.6 Å². The van der Waals surface area contributed by atoms with Gasteiger partial charge in [0, 0.05) is 12.2 Å². The summed E-state index contributed by atoms with van der Waals surface area (Å²) in [5.74, 6) is 0.717. The normalized spacial score (nSPS) is 12.3. The first kappa shape index (κ1) is 13.3. The van der Waals surface area contributed by atoms with Crippen LogP contribution in [0.1, 0.15) is 32.5 Å². The monoisotopic (exact) mass is 261 g/mol. The Morgan fingerprint density at radius 2 is 2.26 bits per heavy atom. The molecule has 0 fully saturated rings. The topological polar surface area (TPSA) is 71.3 Å². The van der Waals surface area contributed by atoms with E-state index >= 15 is 0 Å². The summed E-state index contributed by atoms with van der Waals surface area (Å²) in [6, 6.07) is 5.69. The van der Waals surface area contributed by atoms with E-state index < -0.39 is 0 Å². The second-order valence-electron chi connectivity index (χ2n) is 4.56. The van der Waals surface area contributed by atoms with Gasteiger partial charge in [0.25, 0.3) is 0 Å². The second kappa shape index (κ2) is 6.17. The molecule has 102 valence electrons. The zero-order chi connectivity index (χ0) is 13.7. The van der Waals surface area contributed by atoms with Crippen LogP contribution in [0.2, 0.25) is 0 Å². The average molecular weight is 261 g/mol. The highest BCUT2D eigenvalue weighted by Crippen LogP contribution is 2.02. The highest BCUT2D eigenvalue weighted by Gasteiger charge is 2.08. The molecule has 2 rings (SSSR count). The summed E-state index contributed by atoms with van der Waals surface area (Å²) in [5, 5.41) is 13.8. The Balaban J connectivity index is 1.90. The molecule has 0 saturated heterocycles. The van der Waals surface area contributed by atoms with Crippen molar-refractivity contribution in [1.82, 2.24) is 25.2 Å². The van der Waals surface area contributed by atoms with E-state index in [1.54, 1.807) is 0 Å². The second-order valence-corrected chi connectivity index (χ2v) is 4.56. The largest absolute Gasteiger partial charge is 0.336 e. The highest BCUT2D eigenvalue weighted by atomic mass is 16.2. The minimum atomic E-state index is -0.173. The van der Waals surface area contributed by atoms with Gasteiger partial charge in [-0.3, -0.25) is 4.40 Å². The Morgan fingerprint density at radius 3 is 3.05 bits per heavy atom. The zero-order valence-corrected chi connectivity index (χ0v) is 11.3. The lowest BCUT2D eigenvalue weighted by atomic mass is 10.2. The highest BCUT2D eigenvalue weighted by molar-refractivity contribution is 5.74. The van der Waals surface area contributed by atoms with Crippen molar-refractivity contribution < 1.29 is 4.79 Å². The van der Waals surface area contributed by atoms with Crippen molar-refractivity contribution in [3.8, 4) is 0 Å². The van der Waals surface area contributed by atoms with E-state index in [-0.39, 0.29) is 12.1 Å². The molecule has 1 atom stereocenters. The Labute approximate surface area is 112 Å². The lowest BCUT2D eigenvalue weighted by Gasteiger charge is -2.13. The van der Waals surface area contributed by atoms with E-state index in [9.17, 15) is 4.79 Å². The fourth-order valence-corrected chi connectivity index (χ4v) is 1.95. The number of amides is 2. The van der Waals surface area contributed by atoms with Crippen LogP contribution in [-0.4, -0.2) is 26.7 Å². The molecular formula is C13H19N5O. The van der Waals surface area contributed by atoms with Crippen LogP contribution in [0.4, 0.5) is 4.79 Å². The third kappa shape index (κ3) is 3.43. The summed E-state index contributed by atoms with van der Waals surface area (Å²) < 4.78 is 1.86. The van der Waals surface area contributed by atoms with Crippen molar-refractivity contribution in [2.75, 3.05) is 0 Å². The van der Waals surface area contributed by atoms with Crippen molar-refractivity contribution in [3.63, 3.8) is 0 Å². The third-order valence-corrected chi connectivity index (χ3v) is 2.89. The first-order valence-corrected chi connectivity index (χ1v) is 6.53. The maximum atomic E-state index is 11.7. The van der Waals surface area contributed by atoms with Gasteiger partial charge in [0.1, 0.15) is 0 Å². The summed E-state index contributed by atoms with van der Waals surface area (Å²) in [7, 11) is 0. The van der Waals surface area contributed by atoms with Crippen LogP contribution in [0.15, 0.2) is 24.4 Å². The van der Waals surface area contributed by atoms with Crippen molar-refractivity contribution in [3.05, 3.63) is 30.2 Å². The molecular weight excluding hydrogens is 242 g/mol. The van der Waals surface area contributed by atoms with Gasteiger partial charge in [0.2, 0.25) is 0 Å². The van der Waals surface area contributed by atoms with E-state index in [0.29, 0.717) is 12.4 Å². The lowest BCUT2D eigenvalue weighted by molar-refractivity contribution is 0.236. The Morgan fingerprint density at radius 1 is 1.42 bits per heavy atom. The SMILES string of the molecule is CCCC(C)NC(=O)NCc1nnc2ccccn12. The van der Waals surface area contributed by atoms with Gasteiger partial charge in [-0.05, 0) is 25.5 Å². The standard InChI is InChI=1S/C13H19N5O/c1-3-6-10(2)15-13(19)14-9-12-17-16-11-7-4-5-8-18(11)12/h4-5,7-8,10H,3,6,9H2,1-2H3,(H2,14,15,19). The molecule has 6 nitrogen and oxygen atoms in total. The minimum absolute atomic E-state index is 0.173. The van der Waals surface area contributed by atoms with Gasteiger partial charge >= 0.3 is 6.03 Å². The van der Waals surface area contributed by atoms with Gasteiger partial charge in [-0.15, -0.1) is 10.2 Å². The van der Waals surface area contributed by atoms with E-state index in [2.05, 4.69) is 27.8 Å². The number of hydrogen-bond acceptors (Lipinski definition) is 3. The third-order valence-electron chi connectivity index (χ3n) is 2.89. The van der Waals surface area contributed by atoms with Crippen molar-refractivity contribution >= 4 is 11.7 Å². The van der Waals surface area contributed by atoms with E-state index in [1.807, 2.05) is 35.7 Å². The van der Waals surface area contributed by atoms with Gasteiger partial charge < -0.3 is 10.6 Å². The van der Waals surface area contributed by atoms with Crippen LogP contribution in [0.25, 0.3) is 5.65 Å². The molecule has 0 radical (unpaired) electrons. The van der Waals surface area contributed by atoms with E-state index in [4.69, 9.17) is 0 Å². The number of rotatable bonds is 5. The lowest BCUT2D eigenvalue weighted by Crippen LogP contribution is -2.40. The van der Waals surface area contributed by atoms with Crippen molar-refractivity contribution in [2.45, 2.75) is 39.3 Å². The summed E-state index contributed by atoms with van der Waals surface area (Å²) in [5.41, 5.74) is 0.777. The molecule has 2 heterocycles. The summed E-state index contributed by atoms with van der Waals surface area (Å²) in [6.07, 6.45) is 3.90. The van der Waals surface area contributed by atoms with Gasteiger partial charge in [-0.2, -0.15) is 0 Å². The molecule has 0 aliphatic heterocycles. The molecule has 6 heteroatoms. The number of pyridine rings is 1. The molecule has 19 heavy (non-hydrogen) atoms. The van der Waals surface area contributed by atoms with Crippen LogP contribution in [0, 0.1) is 0 Å². The molecule has 0 aromatic carbocycles. The fraction of sp³-hybridized carbons (Fsp3) is 0.462. The molecule has 0 bridgehead atoms. The van der Waals surface area contributed by atoms with E-state index in [1.165, 1.54) is 0 Å². The average Bonchev–Trinajstić information content (AvgIpc) is 2.80. The van der Waals surface area contributed by atoms with Gasteiger partial charge in [-0.1, -0.05) is 19.4 Å². The predicted molar refractivity (Wildman–Crippen MR) is 72.7 cm³/mol. The number of carbonyl (C=O) groups is 1. The number of fused-ring (bicyclic) bond motifs is 1. The molecule has 0 saturated carbocycles. The maximum absolute atomic E-state index is 11.7. The number of nitrogens with zero attached hydrogens (tertiary/aromatic N) is 3. The van der Waals surface area contributed by atoms with E-state index in [0.717, 1.165) is 18.5 Å². The zero-order valence-electron chi connectivity index (χ0n) is 11.3. The van der Waals surface area contributed by atoms with Crippen LogP contribution in [-0.2, 0) is 6.54 Å². The molecule has 2 amide bonds. The quantitative estimate of drug-likeness (QED) is 0.860. The van der Waals surface area contributed by atoms with Gasteiger partial charge in [0.05, 0.1) is 6.54 Å². The number of aromatic nitrogens is 3. The van der Waals surface area contributed by atoms with Gasteiger partial charge in [0.15, 0.2) is 11.5 Å². The molecule has 1 unspecified atom stereocenters. The molecule has 2 aromatic heterocycles. The molecule has 0 aliphatic carbocycles. The maximum Gasteiger partial charge on any atom is 0.315 e. The van der Waals surface area contributed by atoms with Crippen LogP contribution in [0.3, 0.4) is 0 Å². The Hall–Kier alpha value is -2.11. The van der Waals surface area contributed by atoms with Crippen LogP contribution in [0.5, 0.6) is 0 Å². The minimum Gasteiger partial charge on any atom is -0.336 e. The molecule has 2 aromatic rings. The first-order chi connectivity index (χ1) is 9.20. The number of hydrogen-bond donors (Lipinski definition) is 2. The molecule has 0 aliphatic rings. The summed E-state index contributed by atoms with van der Waals surface area (Å²) in [6.45, 7) is 4.45. The molecule has 2 N–H and O–H groups in total. The number of urea groups is 1. The Bertz CT molecular complexity index is 551. The van der Waals surface area contributed by atoms with Crippen molar-refractivity contribution in [1.29, 1.82) is 0 Å². The summed E-state index contributed by atoms with van der Waals surface area (Å²) in [4.78, 5) is 11.7. The molecule has 0 spiro atoms. The predicted octanol–water partition coefficient (Wildman–Crippen LogP) is 1.72. The van der Waals surface area contributed by atoms with Crippen molar-refractivity contribution in [2.24, 2.45) is 0 Å². The Kier molecular flexibility index (Phi) is 4.33. The number of carbonyl (C=O) groups excluding carboxylic acids is 1. The van der Waals surface area contributed by atoms with Gasteiger partial charge in [-0.25, -0.2) is 4.79 Å².